The second-order valence-electron chi connectivity index (χ2n) is 7.01. The van der Waals surface area contributed by atoms with Gasteiger partial charge in [0.15, 0.2) is 0 Å². The summed E-state index contributed by atoms with van der Waals surface area (Å²) in [5.41, 5.74) is 1.32. The van der Waals surface area contributed by atoms with Gasteiger partial charge < -0.3 is 15.4 Å². The Kier molecular flexibility index (Phi) is 6.66. The normalized spacial score (nSPS) is 14.6. The number of ether oxygens (including phenoxy) is 1. The first kappa shape index (κ1) is 22.2. The number of amides is 2. The second kappa shape index (κ2) is 9.61. The number of hydrogen-bond donors (Lipinski definition) is 2. The van der Waals surface area contributed by atoms with Gasteiger partial charge in [0, 0.05) is 30.0 Å². The van der Waals surface area contributed by atoms with Crippen molar-refractivity contribution in [3.63, 3.8) is 0 Å². The number of benzene rings is 2. The summed E-state index contributed by atoms with van der Waals surface area (Å²) in [5.74, 6) is -0.599. The number of carbonyl (C=O) groups is 2. The molecule has 0 atom stereocenters. The molecule has 10 heteroatoms. The highest BCUT2D eigenvalue weighted by atomic mass is 32.2. The smallest absolute Gasteiger partial charge is 0.265 e. The maximum atomic E-state index is 12.8. The highest BCUT2D eigenvalue weighted by Crippen LogP contribution is 2.21. The van der Waals surface area contributed by atoms with Crippen molar-refractivity contribution in [2.24, 2.45) is 0 Å². The number of hydrogen-bond acceptors (Lipinski definition) is 6. The monoisotopic (exact) mass is 471 g/mol. The highest BCUT2D eigenvalue weighted by molar-refractivity contribution is 7.89. The number of morpholine rings is 1. The molecule has 1 aliphatic rings. The van der Waals surface area contributed by atoms with Crippen LogP contribution in [0.1, 0.15) is 20.0 Å². The molecule has 0 unspecified atom stereocenters. The lowest BCUT2D eigenvalue weighted by molar-refractivity contribution is 0.0730. The Morgan fingerprint density at radius 2 is 1.59 bits per heavy atom. The van der Waals surface area contributed by atoms with Gasteiger partial charge in [-0.25, -0.2) is 8.42 Å². The van der Waals surface area contributed by atoms with E-state index >= 15 is 0 Å². The minimum absolute atomic E-state index is 0.115. The lowest BCUT2D eigenvalue weighted by atomic mass is 10.2. The van der Waals surface area contributed by atoms with Crippen molar-refractivity contribution in [2.45, 2.75) is 4.90 Å². The van der Waals surface area contributed by atoms with E-state index in [1.807, 2.05) is 5.38 Å². The summed E-state index contributed by atoms with van der Waals surface area (Å²) in [5, 5.41) is 7.32. The van der Waals surface area contributed by atoms with E-state index in [0.717, 1.165) is 0 Å². The van der Waals surface area contributed by atoms with Crippen molar-refractivity contribution in [3.8, 4) is 0 Å². The molecule has 0 bridgehead atoms. The van der Waals surface area contributed by atoms with E-state index in [1.54, 1.807) is 48.5 Å². The van der Waals surface area contributed by atoms with Crippen LogP contribution in [-0.2, 0) is 14.8 Å². The molecule has 2 N–H and O–H groups in total. The minimum atomic E-state index is -3.66. The molecule has 2 amide bonds. The van der Waals surface area contributed by atoms with Gasteiger partial charge in [-0.1, -0.05) is 12.1 Å². The molecular weight excluding hydrogens is 450 g/mol. The molecule has 1 aromatic heterocycles. The van der Waals surface area contributed by atoms with Crippen molar-refractivity contribution in [3.05, 3.63) is 76.5 Å². The molecule has 1 aliphatic heterocycles. The van der Waals surface area contributed by atoms with Crippen molar-refractivity contribution >= 4 is 44.5 Å². The molecule has 4 rings (SSSR count). The van der Waals surface area contributed by atoms with Gasteiger partial charge in [-0.05, 0) is 53.9 Å². The third kappa shape index (κ3) is 5.05. The van der Waals surface area contributed by atoms with Crippen LogP contribution < -0.4 is 10.6 Å². The van der Waals surface area contributed by atoms with Crippen LogP contribution in [-0.4, -0.2) is 50.8 Å². The molecule has 166 valence electrons. The Hall–Kier alpha value is -3.05. The van der Waals surface area contributed by atoms with E-state index in [-0.39, 0.29) is 16.7 Å². The molecule has 32 heavy (non-hydrogen) atoms. The Balaban J connectivity index is 1.42. The zero-order valence-electron chi connectivity index (χ0n) is 17.0. The topological polar surface area (TPSA) is 105 Å². The minimum Gasteiger partial charge on any atom is -0.379 e. The third-order valence-electron chi connectivity index (χ3n) is 4.85. The van der Waals surface area contributed by atoms with Crippen LogP contribution in [0.4, 0.5) is 11.4 Å². The molecule has 2 aromatic carbocycles. The lowest BCUT2D eigenvalue weighted by Gasteiger charge is -2.26. The van der Waals surface area contributed by atoms with Crippen LogP contribution >= 0.6 is 11.3 Å². The predicted octanol–water partition coefficient (Wildman–Crippen LogP) is 3.27. The van der Waals surface area contributed by atoms with Crippen LogP contribution in [0.25, 0.3) is 0 Å². The third-order valence-corrected chi connectivity index (χ3v) is 7.61. The maximum absolute atomic E-state index is 12.8. The molecule has 1 saturated heterocycles. The van der Waals surface area contributed by atoms with Gasteiger partial charge in [0.25, 0.3) is 11.8 Å². The zero-order valence-corrected chi connectivity index (χ0v) is 18.6. The lowest BCUT2D eigenvalue weighted by Crippen LogP contribution is -2.40. The van der Waals surface area contributed by atoms with E-state index < -0.39 is 10.0 Å². The SMILES string of the molecule is O=C(Nc1cccc(S(=O)(=O)N2CCOCC2)c1)c1ccc(NC(=O)c2cccs2)cc1. The first-order valence-electron chi connectivity index (χ1n) is 9.88. The van der Waals surface area contributed by atoms with E-state index in [0.29, 0.717) is 48.1 Å². The number of sulfonamides is 1. The van der Waals surface area contributed by atoms with Crippen molar-refractivity contribution < 1.29 is 22.7 Å². The molecular formula is C22H21N3O5S2. The van der Waals surface area contributed by atoms with Crippen molar-refractivity contribution in [1.82, 2.24) is 4.31 Å². The van der Waals surface area contributed by atoms with Crippen LogP contribution in [0.2, 0.25) is 0 Å². The number of rotatable bonds is 6. The number of nitrogens with zero attached hydrogens (tertiary/aromatic N) is 1. The van der Waals surface area contributed by atoms with Crippen molar-refractivity contribution in [2.75, 3.05) is 36.9 Å². The molecule has 1 fully saturated rings. The van der Waals surface area contributed by atoms with Crippen LogP contribution in [0.3, 0.4) is 0 Å². The van der Waals surface area contributed by atoms with E-state index in [2.05, 4.69) is 10.6 Å². The fourth-order valence-corrected chi connectivity index (χ4v) is 5.25. The molecule has 0 aliphatic carbocycles. The Morgan fingerprint density at radius 1 is 0.875 bits per heavy atom. The molecule has 0 spiro atoms. The van der Waals surface area contributed by atoms with Gasteiger partial charge in [-0.3, -0.25) is 9.59 Å². The largest absolute Gasteiger partial charge is 0.379 e. The van der Waals surface area contributed by atoms with E-state index in [1.165, 1.54) is 27.8 Å². The van der Waals surface area contributed by atoms with Gasteiger partial charge in [-0.2, -0.15) is 4.31 Å². The fourth-order valence-electron chi connectivity index (χ4n) is 3.18. The second-order valence-corrected chi connectivity index (χ2v) is 9.89. The molecule has 2 heterocycles. The summed E-state index contributed by atoms with van der Waals surface area (Å²) < 4.78 is 32.3. The predicted molar refractivity (Wildman–Crippen MR) is 123 cm³/mol. The summed E-state index contributed by atoms with van der Waals surface area (Å²) in [6.45, 7) is 1.32. The van der Waals surface area contributed by atoms with Crippen LogP contribution in [0.15, 0.2) is 70.9 Å². The first-order valence-corrected chi connectivity index (χ1v) is 12.2. The summed E-state index contributed by atoms with van der Waals surface area (Å²) in [4.78, 5) is 25.5. The summed E-state index contributed by atoms with van der Waals surface area (Å²) in [6.07, 6.45) is 0. The Labute approximate surface area is 189 Å². The summed E-state index contributed by atoms with van der Waals surface area (Å²) in [6, 6.07) is 16.2. The molecule has 0 saturated carbocycles. The van der Waals surface area contributed by atoms with Gasteiger partial charge >= 0.3 is 0 Å². The zero-order chi connectivity index (χ0) is 22.6. The molecule has 3 aromatic rings. The standard InChI is InChI=1S/C22H21N3O5S2/c26-21(16-6-8-17(9-7-16)23-22(27)20-5-2-14-31-20)24-18-3-1-4-19(15-18)32(28,29)25-10-12-30-13-11-25/h1-9,14-15H,10-13H2,(H,23,27)(H,24,26). The number of anilines is 2. The van der Waals surface area contributed by atoms with Gasteiger partial charge in [0.1, 0.15) is 0 Å². The number of nitrogens with one attached hydrogen (secondary N) is 2. The highest BCUT2D eigenvalue weighted by Gasteiger charge is 2.26. The van der Waals surface area contributed by atoms with Gasteiger partial charge in [-0.15, -0.1) is 11.3 Å². The van der Waals surface area contributed by atoms with Gasteiger partial charge in [0.2, 0.25) is 10.0 Å². The van der Waals surface area contributed by atoms with Gasteiger partial charge in [0.05, 0.1) is 23.0 Å². The summed E-state index contributed by atoms with van der Waals surface area (Å²) >= 11 is 1.34. The average molecular weight is 472 g/mol. The maximum Gasteiger partial charge on any atom is 0.265 e. The van der Waals surface area contributed by atoms with Crippen molar-refractivity contribution in [1.29, 1.82) is 0 Å². The molecule has 8 nitrogen and oxygen atoms in total. The number of carbonyl (C=O) groups excluding carboxylic acids is 2. The van der Waals surface area contributed by atoms with E-state index in [4.69, 9.17) is 4.74 Å². The Morgan fingerprint density at radius 3 is 2.28 bits per heavy atom. The number of thiophene rings is 1. The fraction of sp³-hybridized carbons (Fsp3) is 0.182. The quantitative estimate of drug-likeness (QED) is 0.574. The molecule has 0 radical (unpaired) electrons. The van der Waals surface area contributed by atoms with Crippen LogP contribution in [0.5, 0.6) is 0 Å². The van der Waals surface area contributed by atoms with E-state index in [9.17, 15) is 18.0 Å². The average Bonchev–Trinajstić information content (AvgIpc) is 3.36. The summed E-state index contributed by atoms with van der Waals surface area (Å²) in [7, 11) is -3.66. The first-order chi connectivity index (χ1) is 15.4. The Bertz CT molecular complexity index is 1200. The van der Waals surface area contributed by atoms with Crippen LogP contribution in [0, 0.1) is 0 Å².